The van der Waals surface area contributed by atoms with Crippen LogP contribution in [0.1, 0.15) is 28.1 Å². The molecule has 5 rings (SSSR count). The number of thioether (sulfide) groups is 1. The van der Waals surface area contributed by atoms with Gasteiger partial charge in [-0.25, -0.2) is 0 Å². The van der Waals surface area contributed by atoms with Crippen molar-refractivity contribution in [3.63, 3.8) is 0 Å². The van der Waals surface area contributed by atoms with Crippen molar-refractivity contribution in [2.45, 2.75) is 26.8 Å². The first-order chi connectivity index (χ1) is 16.4. The van der Waals surface area contributed by atoms with Gasteiger partial charge in [0.25, 0.3) is 11.1 Å². The number of benzene rings is 2. The lowest BCUT2D eigenvalue weighted by Gasteiger charge is -2.29. The highest BCUT2D eigenvalue weighted by molar-refractivity contribution is 8.18. The van der Waals surface area contributed by atoms with Gasteiger partial charge in [0.05, 0.1) is 4.91 Å². The van der Waals surface area contributed by atoms with E-state index in [1.807, 2.05) is 68.4 Å². The van der Waals surface area contributed by atoms with Gasteiger partial charge in [-0.05, 0) is 73.0 Å². The lowest BCUT2D eigenvalue weighted by Crippen LogP contribution is -2.44. The van der Waals surface area contributed by atoms with Crippen LogP contribution in [0.3, 0.4) is 0 Å². The fraction of sp³-hybridized carbons (Fsp3) is 0.222. The summed E-state index contributed by atoms with van der Waals surface area (Å²) in [4.78, 5) is 41.7. The van der Waals surface area contributed by atoms with Gasteiger partial charge >= 0.3 is 0 Å². The number of hydrogen-bond donors (Lipinski definition) is 0. The van der Waals surface area contributed by atoms with Crippen LogP contribution < -0.4 is 0 Å². The van der Waals surface area contributed by atoms with Gasteiger partial charge in [-0.3, -0.25) is 19.3 Å². The van der Waals surface area contributed by atoms with Crippen molar-refractivity contribution in [3.05, 3.63) is 93.6 Å². The molecule has 1 fully saturated rings. The van der Waals surface area contributed by atoms with E-state index < -0.39 is 11.1 Å². The van der Waals surface area contributed by atoms with Gasteiger partial charge in [-0.1, -0.05) is 42.5 Å². The van der Waals surface area contributed by atoms with Crippen LogP contribution in [0.5, 0.6) is 0 Å². The molecule has 0 spiro atoms. The van der Waals surface area contributed by atoms with Gasteiger partial charge in [0.15, 0.2) is 0 Å². The molecule has 0 aliphatic carbocycles. The second-order valence-electron chi connectivity index (χ2n) is 8.60. The van der Waals surface area contributed by atoms with Crippen molar-refractivity contribution < 1.29 is 14.4 Å². The number of para-hydroxylation sites is 1. The molecular formula is C27H25N3O3S. The topological polar surface area (TPSA) is 62.6 Å². The first-order valence-electron chi connectivity index (χ1n) is 11.3. The van der Waals surface area contributed by atoms with Crippen LogP contribution in [-0.2, 0) is 22.6 Å². The Morgan fingerprint density at radius 1 is 1.00 bits per heavy atom. The Labute approximate surface area is 202 Å². The minimum atomic E-state index is -0.412. The van der Waals surface area contributed by atoms with E-state index in [0.29, 0.717) is 18.0 Å². The van der Waals surface area contributed by atoms with Crippen LogP contribution in [0.15, 0.2) is 65.6 Å². The largest absolute Gasteiger partial charge is 0.336 e. The molecular weight excluding hydrogens is 446 g/mol. The highest BCUT2D eigenvalue weighted by Gasteiger charge is 2.37. The van der Waals surface area contributed by atoms with Crippen LogP contribution in [0.2, 0.25) is 0 Å². The SMILES string of the molecule is Cc1cc(/C=C2/SC(=O)N(CC(=O)N3CCc4ccccc4C3)C2=O)c(C)n1-c1ccccc1. The van der Waals surface area contributed by atoms with Gasteiger partial charge in [-0.15, -0.1) is 0 Å². The molecule has 34 heavy (non-hydrogen) atoms. The molecule has 2 aliphatic heterocycles. The van der Waals surface area contributed by atoms with E-state index in [2.05, 4.69) is 10.6 Å². The van der Waals surface area contributed by atoms with Crippen LogP contribution in [0.25, 0.3) is 11.8 Å². The molecule has 0 bridgehead atoms. The number of aromatic nitrogens is 1. The fourth-order valence-corrected chi connectivity index (χ4v) is 5.46. The van der Waals surface area contributed by atoms with E-state index >= 15 is 0 Å². The third kappa shape index (κ3) is 4.07. The Balaban J connectivity index is 1.33. The quantitative estimate of drug-likeness (QED) is 0.517. The lowest BCUT2D eigenvalue weighted by molar-refractivity contribution is -0.136. The number of aryl methyl sites for hydroxylation is 1. The van der Waals surface area contributed by atoms with Crippen molar-refractivity contribution in [2.75, 3.05) is 13.1 Å². The van der Waals surface area contributed by atoms with Crippen molar-refractivity contribution >= 4 is 34.9 Å². The van der Waals surface area contributed by atoms with Crippen molar-refractivity contribution in [1.29, 1.82) is 0 Å². The summed E-state index contributed by atoms with van der Waals surface area (Å²) in [5.74, 6) is -0.620. The zero-order valence-corrected chi connectivity index (χ0v) is 20.0. The number of carbonyl (C=O) groups is 3. The third-order valence-electron chi connectivity index (χ3n) is 6.42. The highest BCUT2D eigenvalue weighted by atomic mass is 32.2. The van der Waals surface area contributed by atoms with Gasteiger partial charge in [0.1, 0.15) is 6.54 Å². The summed E-state index contributed by atoms with van der Waals surface area (Å²) in [7, 11) is 0. The summed E-state index contributed by atoms with van der Waals surface area (Å²) in [6.45, 7) is 4.87. The zero-order valence-electron chi connectivity index (χ0n) is 19.2. The van der Waals surface area contributed by atoms with Gasteiger partial charge in [0, 0.05) is 30.2 Å². The molecule has 2 aliphatic rings. The molecule has 0 atom stereocenters. The lowest BCUT2D eigenvalue weighted by atomic mass is 10.00. The van der Waals surface area contributed by atoms with Crippen LogP contribution in [0.4, 0.5) is 4.79 Å². The molecule has 3 heterocycles. The molecule has 1 saturated heterocycles. The van der Waals surface area contributed by atoms with Gasteiger partial charge < -0.3 is 9.47 Å². The summed E-state index contributed by atoms with van der Waals surface area (Å²) in [5, 5.41) is -0.404. The van der Waals surface area contributed by atoms with Crippen molar-refractivity contribution in [2.24, 2.45) is 0 Å². The number of amides is 3. The number of hydrogen-bond acceptors (Lipinski definition) is 4. The number of fused-ring (bicyclic) bond motifs is 1. The van der Waals surface area contributed by atoms with Crippen LogP contribution in [-0.4, -0.2) is 44.5 Å². The molecule has 3 amide bonds. The summed E-state index contributed by atoms with van der Waals surface area (Å²) in [6.07, 6.45) is 2.54. The maximum atomic E-state index is 13.0. The molecule has 2 aromatic carbocycles. The van der Waals surface area contributed by atoms with E-state index in [1.54, 1.807) is 11.0 Å². The highest BCUT2D eigenvalue weighted by Crippen LogP contribution is 2.34. The molecule has 0 saturated carbocycles. The van der Waals surface area contributed by atoms with Gasteiger partial charge in [-0.2, -0.15) is 0 Å². The monoisotopic (exact) mass is 471 g/mol. The zero-order chi connectivity index (χ0) is 23.8. The Morgan fingerprint density at radius 2 is 1.71 bits per heavy atom. The molecule has 3 aromatic rings. The maximum absolute atomic E-state index is 13.0. The number of nitrogens with zero attached hydrogens (tertiary/aromatic N) is 3. The number of carbonyl (C=O) groups excluding carboxylic acids is 3. The van der Waals surface area contributed by atoms with Crippen molar-refractivity contribution in [1.82, 2.24) is 14.4 Å². The van der Waals surface area contributed by atoms with E-state index in [0.717, 1.165) is 51.3 Å². The first-order valence-corrected chi connectivity index (χ1v) is 12.1. The Hall–Kier alpha value is -3.58. The summed E-state index contributed by atoms with van der Waals surface area (Å²) in [6, 6.07) is 20.1. The van der Waals surface area contributed by atoms with Crippen LogP contribution >= 0.6 is 11.8 Å². The molecule has 0 unspecified atom stereocenters. The molecule has 172 valence electrons. The fourth-order valence-electron chi connectivity index (χ4n) is 4.63. The van der Waals surface area contributed by atoms with E-state index in [4.69, 9.17) is 0 Å². The third-order valence-corrected chi connectivity index (χ3v) is 7.33. The standard InChI is InChI=1S/C27H25N3O3S/c1-18-14-22(19(2)30(18)23-10-4-3-5-11-23)15-24-26(32)29(27(33)34-24)17-25(31)28-13-12-20-8-6-7-9-21(20)16-28/h3-11,14-15H,12-13,16-17H2,1-2H3/b24-15+. The summed E-state index contributed by atoms with van der Waals surface area (Å²) in [5.41, 5.74) is 6.30. The predicted octanol–water partition coefficient (Wildman–Crippen LogP) is 4.72. The van der Waals surface area contributed by atoms with E-state index in [1.165, 1.54) is 5.56 Å². The minimum Gasteiger partial charge on any atom is -0.336 e. The number of imide groups is 1. The maximum Gasteiger partial charge on any atom is 0.294 e. The smallest absolute Gasteiger partial charge is 0.294 e. The molecule has 0 N–H and O–H groups in total. The molecule has 7 heteroatoms. The average Bonchev–Trinajstić information content (AvgIpc) is 3.28. The Morgan fingerprint density at radius 3 is 2.47 bits per heavy atom. The Bertz CT molecular complexity index is 1330. The van der Waals surface area contributed by atoms with Crippen molar-refractivity contribution in [3.8, 4) is 5.69 Å². The second-order valence-corrected chi connectivity index (χ2v) is 9.59. The summed E-state index contributed by atoms with van der Waals surface area (Å²) >= 11 is 0.892. The molecule has 6 nitrogen and oxygen atoms in total. The molecule has 1 aromatic heterocycles. The minimum absolute atomic E-state index is 0.208. The van der Waals surface area contributed by atoms with E-state index in [-0.39, 0.29) is 12.5 Å². The van der Waals surface area contributed by atoms with E-state index in [9.17, 15) is 14.4 Å². The Kier molecular flexibility index (Phi) is 5.87. The first kappa shape index (κ1) is 22.2. The summed E-state index contributed by atoms with van der Waals surface area (Å²) < 4.78 is 2.12. The predicted molar refractivity (Wildman–Crippen MR) is 133 cm³/mol. The normalized spacial score (nSPS) is 16.9. The van der Waals surface area contributed by atoms with Gasteiger partial charge in [0.2, 0.25) is 5.91 Å². The second kappa shape index (κ2) is 8.99. The van der Waals surface area contributed by atoms with Crippen LogP contribution in [0, 0.1) is 13.8 Å². The molecule has 0 radical (unpaired) electrons. The average molecular weight is 472 g/mol. The number of rotatable bonds is 4.